The third-order valence-electron chi connectivity index (χ3n) is 3.85. The average Bonchev–Trinajstić information content (AvgIpc) is 2.78. The van der Waals surface area contributed by atoms with Crippen LogP contribution in [0.1, 0.15) is 23.6 Å². The lowest BCUT2D eigenvalue weighted by molar-refractivity contribution is 0.307. The van der Waals surface area contributed by atoms with Crippen LogP contribution in [0.5, 0.6) is 5.75 Å². The summed E-state index contributed by atoms with van der Waals surface area (Å²) in [5.74, 6) is 1.14. The summed E-state index contributed by atoms with van der Waals surface area (Å²) in [6, 6.07) is 5.99. The summed E-state index contributed by atoms with van der Waals surface area (Å²) in [4.78, 5) is 2.26. The fourth-order valence-electron chi connectivity index (χ4n) is 2.87. The first-order valence-electron chi connectivity index (χ1n) is 6.33. The fourth-order valence-corrected chi connectivity index (χ4v) is 2.87. The fraction of sp³-hybridized carbons (Fsp3) is 0.571. The molecule has 2 unspecified atom stereocenters. The highest BCUT2D eigenvalue weighted by Gasteiger charge is 2.31. The molecule has 1 heterocycles. The van der Waals surface area contributed by atoms with Crippen LogP contribution in [0.3, 0.4) is 0 Å². The van der Waals surface area contributed by atoms with Crippen LogP contribution in [-0.4, -0.2) is 32.1 Å². The SMILES string of the molecule is COc1cccc(C2CC(CN)CN2C)c1CF. The molecule has 3 nitrogen and oxygen atoms in total. The van der Waals surface area contributed by atoms with Gasteiger partial charge in [0.15, 0.2) is 0 Å². The molecular weight excluding hydrogens is 231 g/mol. The van der Waals surface area contributed by atoms with E-state index in [0.717, 1.165) is 18.5 Å². The van der Waals surface area contributed by atoms with E-state index in [9.17, 15) is 4.39 Å². The van der Waals surface area contributed by atoms with Gasteiger partial charge in [-0.3, -0.25) is 4.90 Å². The van der Waals surface area contributed by atoms with Gasteiger partial charge in [-0.15, -0.1) is 0 Å². The van der Waals surface area contributed by atoms with Crippen molar-refractivity contribution < 1.29 is 9.13 Å². The molecule has 100 valence electrons. The molecule has 2 atom stereocenters. The van der Waals surface area contributed by atoms with E-state index in [1.807, 2.05) is 18.2 Å². The van der Waals surface area contributed by atoms with Crippen LogP contribution < -0.4 is 10.5 Å². The second-order valence-electron chi connectivity index (χ2n) is 4.95. The number of rotatable bonds is 4. The lowest BCUT2D eigenvalue weighted by Gasteiger charge is -2.22. The number of alkyl halides is 1. The van der Waals surface area contributed by atoms with E-state index in [4.69, 9.17) is 10.5 Å². The van der Waals surface area contributed by atoms with Gasteiger partial charge >= 0.3 is 0 Å². The van der Waals surface area contributed by atoms with Crippen LogP contribution >= 0.6 is 0 Å². The average molecular weight is 252 g/mol. The number of ether oxygens (including phenoxy) is 1. The van der Waals surface area contributed by atoms with Crippen molar-refractivity contribution in [2.75, 3.05) is 27.2 Å². The molecule has 0 saturated carbocycles. The van der Waals surface area contributed by atoms with Crippen molar-refractivity contribution in [2.24, 2.45) is 11.7 Å². The quantitative estimate of drug-likeness (QED) is 0.892. The van der Waals surface area contributed by atoms with E-state index in [-0.39, 0.29) is 6.04 Å². The molecule has 0 radical (unpaired) electrons. The number of hydrogen-bond acceptors (Lipinski definition) is 3. The number of nitrogens with zero attached hydrogens (tertiary/aromatic N) is 1. The first-order chi connectivity index (χ1) is 8.71. The van der Waals surface area contributed by atoms with Crippen molar-refractivity contribution in [3.05, 3.63) is 29.3 Å². The smallest absolute Gasteiger partial charge is 0.125 e. The summed E-state index contributed by atoms with van der Waals surface area (Å²) < 4.78 is 18.5. The zero-order valence-corrected chi connectivity index (χ0v) is 11.0. The van der Waals surface area contributed by atoms with Crippen molar-refractivity contribution in [3.63, 3.8) is 0 Å². The lowest BCUT2D eigenvalue weighted by Crippen LogP contribution is -2.21. The van der Waals surface area contributed by atoms with Gasteiger partial charge in [0.2, 0.25) is 0 Å². The Balaban J connectivity index is 2.33. The van der Waals surface area contributed by atoms with Gasteiger partial charge in [0.05, 0.1) is 7.11 Å². The minimum Gasteiger partial charge on any atom is -0.496 e. The van der Waals surface area contributed by atoms with Gasteiger partial charge in [-0.25, -0.2) is 4.39 Å². The van der Waals surface area contributed by atoms with Gasteiger partial charge in [-0.2, -0.15) is 0 Å². The summed E-state index contributed by atoms with van der Waals surface area (Å²) in [5.41, 5.74) is 7.45. The molecule has 0 spiro atoms. The largest absolute Gasteiger partial charge is 0.496 e. The van der Waals surface area contributed by atoms with Crippen LogP contribution in [-0.2, 0) is 6.67 Å². The van der Waals surface area contributed by atoms with Gasteiger partial charge in [-0.1, -0.05) is 12.1 Å². The first-order valence-corrected chi connectivity index (χ1v) is 6.33. The monoisotopic (exact) mass is 252 g/mol. The number of benzene rings is 1. The molecule has 1 fully saturated rings. The molecular formula is C14H21FN2O. The minimum atomic E-state index is -0.489. The molecule has 2 rings (SSSR count). The van der Waals surface area contributed by atoms with Gasteiger partial charge in [0.25, 0.3) is 0 Å². The van der Waals surface area contributed by atoms with E-state index in [1.54, 1.807) is 7.11 Å². The van der Waals surface area contributed by atoms with Gasteiger partial charge in [0.1, 0.15) is 12.4 Å². The Bertz CT molecular complexity index is 411. The molecule has 0 bridgehead atoms. The van der Waals surface area contributed by atoms with Crippen LogP contribution in [0.2, 0.25) is 0 Å². The Morgan fingerprint density at radius 1 is 1.50 bits per heavy atom. The first kappa shape index (κ1) is 13.3. The third kappa shape index (κ3) is 2.35. The van der Waals surface area contributed by atoms with Crippen molar-refractivity contribution in [2.45, 2.75) is 19.1 Å². The molecule has 1 aliphatic heterocycles. The summed E-state index contributed by atoms with van der Waals surface area (Å²) >= 11 is 0. The van der Waals surface area contributed by atoms with E-state index < -0.39 is 6.67 Å². The molecule has 1 aromatic rings. The van der Waals surface area contributed by atoms with Crippen molar-refractivity contribution >= 4 is 0 Å². The Hall–Kier alpha value is -1.13. The Kier molecular flexibility index (Phi) is 4.19. The van der Waals surface area contributed by atoms with E-state index in [2.05, 4.69) is 11.9 Å². The summed E-state index contributed by atoms with van der Waals surface area (Å²) in [6.45, 7) is 1.18. The van der Waals surface area contributed by atoms with E-state index in [1.165, 1.54) is 0 Å². The second kappa shape index (κ2) is 5.67. The Labute approximate surface area is 108 Å². The molecule has 1 aromatic carbocycles. The maximum absolute atomic E-state index is 13.3. The number of methoxy groups -OCH3 is 1. The predicted molar refractivity (Wildman–Crippen MR) is 70.3 cm³/mol. The molecule has 1 aliphatic rings. The highest BCUT2D eigenvalue weighted by Crippen LogP contribution is 2.38. The molecule has 4 heteroatoms. The van der Waals surface area contributed by atoms with Crippen LogP contribution in [0, 0.1) is 5.92 Å². The van der Waals surface area contributed by atoms with Crippen LogP contribution in [0.25, 0.3) is 0 Å². The minimum absolute atomic E-state index is 0.249. The van der Waals surface area contributed by atoms with E-state index in [0.29, 0.717) is 23.8 Å². The standard InChI is InChI=1S/C14H21FN2O/c1-17-9-10(8-16)6-13(17)11-4-3-5-14(18-2)12(11)7-15/h3-5,10,13H,6-9,16H2,1-2H3. The molecule has 0 aliphatic carbocycles. The highest BCUT2D eigenvalue weighted by atomic mass is 19.1. The van der Waals surface area contributed by atoms with Crippen molar-refractivity contribution in [3.8, 4) is 5.75 Å². The molecule has 0 aromatic heterocycles. The molecule has 2 N–H and O–H groups in total. The van der Waals surface area contributed by atoms with Crippen LogP contribution in [0.15, 0.2) is 18.2 Å². The van der Waals surface area contributed by atoms with Crippen molar-refractivity contribution in [1.29, 1.82) is 0 Å². The number of nitrogens with two attached hydrogens (primary N) is 1. The van der Waals surface area contributed by atoms with Crippen LogP contribution in [0.4, 0.5) is 4.39 Å². The highest BCUT2D eigenvalue weighted by molar-refractivity contribution is 5.42. The summed E-state index contributed by atoms with van der Waals surface area (Å²) in [6.07, 6.45) is 0.993. The molecule has 1 saturated heterocycles. The molecule has 0 amide bonds. The van der Waals surface area contributed by atoms with Gasteiger partial charge in [-0.05, 0) is 37.6 Å². The summed E-state index contributed by atoms with van der Waals surface area (Å²) in [7, 11) is 3.65. The Morgan fingerprint density at radius 2 is 2.28 bits per heavy atom. The topological polar surface area (TPSA) is 38.5 Å². The second-order valence-corrected chi connectivity index (χ2v) is 4.95. The zero-order valence-electron chi connectivity index (χ0n) is 11.0. The maximum atomic E-state index is 13.3. The van der Waals surface area contributed by atoms with E-state index >= 15 is 0 Å². The predicted octanol–water partition coefficient (Wildman–Crippen LogP) is 2.12. The molecule has 18 heavy (non-hydrogen) atoms. The number of hydrogen-bond donors (Lipinski definition) is 1. The third-order valence-corrected chi connectivity index (χ3v) is 3.85. The van der Waals surface area contributed by atoms with Gasteiger partial charge in [0, 0.05) is 18.2 Å². The zero-order chi connectivity index (χ0) is 13.1. The van der Waals surface area contributed by atoms with Crippen molar-refractivity contribution in [1.82, 2.24) is 4.90 Å². The Morgan fingerprint density at radius 3 is 2.83 bits per heavy atom. The lowest BCUT2D eigenvalue weighted by atomic mass is 9.95. The van der Waals surface area contributed by atoms with Gasteiger partial charge < -0.3 is 10.5 Å². The normalized spacial score (nSPS) is 24.4. The summed E-state index contributed by atoms with van der Waals surface area (Å²) in [5, 5.41) is 0. The number of halogens is 1. The maximum Gasteiger partial charge on any atom is 0.125 e. The number of likely N-dealkylation sites (tertiary alicyclic amines) is 1.